The van der Waals surface area contributed by atoms with Crippen molar-refractivity contribution in [2.45, 2.75) is 12.5 Å². The summed E-state index contributed by atoms with van der Waals surface area (Å²) in [5, 5.41) is 9.48. The molecule has 0 aromatic rings. The van der Waals surface area contributed by atoms with E-state index in [2.05, 4.69) is 5.32 Å². The Balaban J connectivity index is 0. The molecule has 98 valence electrons. The van der Waals surface area contributed by atoms with Crippen LogP contribution in [0.3, 0.4) is 0 Å². The molecule has 2 amide bonds. The van der Waals surface area contributed by atoms with Crippen molar-refractivity contribution in [3.05, 3.63) is 0 Å². The van der Waals surface area contributed by atoms with Crippen molar-refractivity contribution >= 4 is 14.8 Å². The summed E-state index contributed by atoms with van der Waals surface area (Å²) in [6.07, 6.45) is 0.713. The summed E-state index contributed by atoms with van der Waals surface area (Å²) < 4.78 is 15.6. The molecule has 0 radical (unpaired) electrons. The Morgan fingerprint density at radius 1 is 1.25 bits per heavy atom. The van der Waals surface area contributed by atoms with Crippen LogP contribution in [0.1, 0.15) is 6.42 Å². The Morgan fingerprint density at radius 2 is 1.69 bits per heavy atom. The lowest BCUT2D eigenvalue weighted by molar-refractivity contribution is 0.123. The first-order chi connectivity index (χ1) is 7.60. The minimum Gasteiger partial charge on any atom is -0.400 e. The highest BCUT2D eigenvalue weighted by atomic mass is 28.4. The van der Waals surface area contributed by atoms with Gasteiger partial charge in [0.25, 0.3) is 0 Å². The third-order valence-electron chi connectivity index (χ3n) is 1.89. The molecule has 0 rings (SSSR count). The second kappa shape index (κ2) is 10.8. The van der Waals surface area contributed by atoms with Crippen LogP contribution in [0.15, 0.2) is 0 Å². The summed E-state index contributed by atoms with van der Waals surface area (Å²) in [6.45, 7) is 0.500. The van der Waals surface area contributed by atoms with Crippen LogP contribution in [0.2, 0.25) is 6.04 Å². The topological polar surface area (TPSA) is 103 Å². The fraction of sp³-hybridized carbons (Fsp3) is 0.875. The van der Waals surface area contributed by atoms with Gasteiger partial charge < -0.3 is 29.4 Å². The number of nitrogens with one attached hydrogen (secondary N) is 1. The molecule has 0 aromatic carbocycles. The Hall–Kier alpha value is -0.673. The van der Waals surface area contributed by atoms with Crippen LogP contribution in [0.5, 0.6) is 0 Å². The summed E-state index contributed by atoms with van der Waals surface area (Å²) in [5.74, 6) is 0. The minimum atomic E-state index is -2.48. The van der Waals surface area contributed by atoms with Crippen LogP contribution in [0, 0.1) is 0 Å². The highest BCUT2D eigenvalue weighted by Crippen LogP contribution is 2.13. The summed E-state index contributed by atoms with van der Waals surface area (Å²) in [6, 6.07) is 0.126. The van der Waals surface area contributed by atoms with Crippen LogP contribution >= 0.6 is 0 Å². The zero-order valence-electron chi connectivity index (χ0n) is 10.3. The van der Waals surface area contributed by atoms with Gasteiger partial charge >= 0.3 is 14.8 Å². The largest absolute Gasteiger partial charge is 0.500 e. The van der Waals surface area contributed by atoms with E-state index < -0.39 is 14.8 Å². The van der Waals surface area contributed by atoms with Crippen molar-refractivity contribution in [2.24, 2.45) is 5.73 Å². The third kappa shape index (κ3) is 7.60. The standard InChI is InChI=1S/C7H18N2O4Si.CH4O/c1-11-14(12-2,13-3)6-4-5-9-7(8)10;1-2/h4-6H2,1-3H3,(H3,8,9,10);2H,1H3. The van der Waals surface area contributed by atoms with E-state index in [1.165, 1.54) is 0 Å². The Kier molecular flexibility index (Phi) is 12.0. The SMILES string of the molecule is CO.CO[Si](CCCNC(N)=O)(OC)OC. The van der Waals surface area contributed by atoms with E-state index in [0.29, 0.717) is 19.0 Å². The molecule has 0 saturated heterocycles. The predicted octanol–water partition coefficient (Wildman–Crippen LogP) is -0.469. The maximum atomic E-state index is 10.4. The number of hydrogen-bond donors (Lipinski definition) is 3. The van der Waals surface area contributed by atoms with Gasteiger partial charge in [-0.2, -0.15) is 0 Å². The van der Waals surface area contributed by atoms with E-state index in [-0.39, 0.29) is 0 Å². The van der Waals surface area contributed by atoms with Crippen LogP contribution in [0.4, 0.5) is 4.79 Å². The van der Waals surface area contributed by atoms with Gasteiger partial charge in [0.05, 0.1) is 0 Å². The second-order valence-electron chi connectivity index (χ2n) is 2.69. The van der Waals surface area contributed by atoms with E-state index in [0.717, 1.165) is 7.11 Å². The minimum absolute atomic E-state index is 0.500. The van der Waals surface area contributed by atoms with Gasteiger partial charge in [-0.15, -0.1) is 0 Å². The predicted molar refractivity (Wildman–Crippen MR) is 61.9 cm³/mol. The fourth-order valence-electron chi connectivity index (χ4n) is 1.07. The first-order valence-electron chi connectivity index (χ1n) is 4.73. The lowest BCUT2D eigenvalue weighted by atomic mass is 10.5. The molecule has 0 saturated carbocycles. The number of carbonyl (C=O) groups excluding carboxylic acids is 1. The lowest BCUT2D eigenvalue weighted by Gasteiger charge is -2.24. The van der Waals surface area contributed by atoms with Gasteiger partial charge in [-0.05, 0) is 6.42 Å². The number of primary amides is 1. The molecule has 7 nitrogen and oxygen atoms in total. The van der Waals surface area contributed by atoms with Gasteiger partial charge in [0.15, 0.2) is 0 Å². The molecule has 4 N–H and O–H groups in total. The summed E-state index contributed by atoms with van der Waals surface area (Å²) >= 11 is 0. The third-order valence-corrected chi connectivity index (χ3v) is 4.72. The number of urea groups is 1. The average Bonchev–Trinajstić information content (AvgIpc) is 2.33. The molecule has 8 heteroatoms. The molecule has 0 aromatic heterocycles. The number of hydrogen-bond acceptors (Lipinski definition) is 5. The van der Waals surface area contributed by atoms with Gasteiger partial charge in [0.2, 0.25) is 0 Å². The Labute approximate surface area is 97.2 Å². The zero-order chi connectivity index (χ0) is 13.0. The van der Waals surface area contributed by atoms with Crippen LogP contribution in [-0.2, 0) is 13.3 Å². The van der Waals surface area contributed by atoms with E-state index in [1.54, 1.807) is 21.3 Å². The van der Waals surface area contributed by atoms with Crippen molar-refractivity contribution in [1.29, 1.82) is 0 Å². The van der Waals surface area contributed by atoms with Gasteiger partial charge in [0, 0.05) is 41.0 Å². The molecular formula is C8H22N2O5Si. The molecule has 0 heterocycles. The van der Waals surface area contributed by atoms with Crippen LogP contribution in [-0.4, -0.2) is 54.9 Å². The zero-order valence-corrected chi connectivity index (χ0v) is 11.3. The normalized spacial score (nSPS) is 10.3. The average molecular weight is 254 g/mol. The van der Waals surface area contributed by atoms with Crippen LogP contribution < -0.4 is 11.1 Å². The molecule has 0 aliphatic rings. The number of carbonyl (C=O) groups is 1. The summed E-state index contributed by atoms with van der Waals surface area (Å²) in [4.78, 5) is 10.4. The van der Waals surface area contributed by atoms with E-state index in [4.69, 9.17) is 24.1 Å². The fourth-order valence-corrected chi connectivity index (χ4v) is 2.79. The highest BCUT2D eigenvalue weighted by Gasteiger charge is 2.36. The van der Waals surface area contributed by atoms with Gasteiger partial charge in [-0.1, -0.05) is 0 Å². The maximum absolute atomic E-state index is 10.4. The first-order valence-corrected chi connectivity index (χ1v) is 6.67. The van der Waals surface area contributed by atoms with Crippen LogP contribution in [0.25, 0.3) is 0 Å². The number of nitrogens with two attached hydrogens (primary N) is 1. The van der Waals surface area contributed by atoms with Gasteiger partial charge in [0.1, 0.15) is 0 Å². The summed E-state index contributed by atoms with van der Waals surface area (Å²) in [5.41, 5.74) is 4.91. The molecular weight excluding hydrogens is 232 g/mol. The van der Waals surface area contributed by atoms with Gasteiger partial charge in [-0.3, -0.25) is 0 Å². The van der Waals surface area contributed by atoms with E-state index in [9.17, 15) is 4.79 Å². The molecule has 0 bridgehead atoms. The highest BCUT2D eigenvalue weighted by molar-refractivity contribution is 6.60. The quantitative estimate of drug-likeness (QED) is 0.421. The number of rotatable bonds is 7. The molecule has 16 heavy (non-hydrogen) atoms. The molecule has 0 fully saturated rings. The van der Waals surface area contributed by atoms with Crippen molar-refractivity contribution in [1.82, 2.24) is 5.32 Å². The van der Waals surface area contributed by atoms with Crippen molar-refractivity contribution < 1.29 is 23.2 Å². The van der Waals surface area contributed by atoms with E-state index in [1.807, 2.05) is 0 Å². The van der Waals surface area contributed by atoms with E-state index >= 15 is 0 Å². The second-order valence-corrected chi connectivity index (χ2v) is 5.78. The van der Waals surface area contributed by atoms with Crippen molar-refractivity contribution in [3.63, 3.8) is 0 Å². The number of aliphatic hydroxyl groups is 1. The lowest BCUT2D eigenvalue weighted by Crippen LogP contribution is -2.43. The van der Waals surface area contributed by atoms with Crippen molar-refractivity contribution in [2.75, 3.05) is 35.0 Å². The summed E-state index contributed by atoms with van der Waals surface area (Å²) in [7, 11) is 3.19. The molecule has 0 atom stereocenters. The van der Waals surface area contributed by atoms with Gasteiger partial charge in [-0.25, -0.2) is 4.79 Å². The Morgan fingerprint density at radius 3 is 2.00 bits per heavy atom. The molecule has 0 spiro atoms. The maximum Gasteiger partial charge on any atom is 0.500 e. The first kappa shape index (κ1) is 17.7. The number of aliphatic hydroxyl groups excluding tert-OH is 1. The molecule has 0 aliphatic carbocycles. The smallest absolute Gasteiger partial charge is 0.400 e. The number of amides is 2. The molecule has 0 unspecified atom stereocenters. The Bertz CT molecular complexity index is 170. The monoisotopic (exact) mass is 254 g/mol. The van der Waals surface area contributed by atoms with Crippen molar-refractivity contribution in [3.8, 4) is 0 Å². The molecule has 0 aliphatic heterocycles.